The quantitative estimate of drug-likeness (QED) is 0.785. The van der Waals surface area contributed by atoms with Crippen molar-refractivity contribution < 1.29 is 18.3 Å². The summed E-state index contributed by atoms with van der Waals surface area (Å²) in [6.07, 6.45) is -2.94. The van der Waals surface area contributed by atoms with Crippen LogP contribution in [0.4, 0.5) is 13.2 Å². The summed E-state index contributed by atoms with van der Waals surface area (Å²) >= 11 is 1.67. The Balaban J connectivity index is 2.03. The maximum atomic E-state index is 11.9. The van der Waals surface area contributed by atoms with Gasteiger partial charge in [0.1, 0.15) is 0 Å². The van der Waals surface area contributed by atoms with Crippen LogP contribution in [0.2, 0.25) is 0 Å². The molecule has 0 fully saturated rings. The Bertz CT molecular complexity index is 295. The van der Waals surface area contributed by atoms with Gasteiger partial charge in [0.2, 0.25) is 0 Å². The van der Waals surface area contributed by atoms with Gasteiger partial charge in [0.05, 0.1) is 6.10 Å². The second kappa shape index (κ2) is 7.01. The van der Waals surface area contributed by atoms with Crippen LogP contribution in [0.5, 0.6) is 0 Å². The molecule has 1 rings (SSSR count). The molecule has 5 heteroatoms. The second-order valence-electron chi connectivity index (χ2n) is 4.13. The summed E-state index contributed by atoms with van der Waals surface area (Å²) in [6, 6.07) is 4.00. The lowest BCUT2D eigenvalue weighted by Gasteiger charge is -2.11. The van der Waals surface area contributed by atoms with Crippen LogP contribution in [0.3, 0.4) is 0 Å². The SMILES string of the molecule is OC(CCCc1cccs1)CCCC(F)(F)F. The van der Waals surface area contributed by atoms with Gasteiger partial charge in [0.15, 0.2) is 0 Å². The molecule has 0 aliphatic carbocycles. The Labute approximate surface area is 103 Å². The molecule has 0 radical (unpaired) electrons. The van der Waals surface area contributed by atoms with Crippen molar-refractivity contribution >= 4 is 11.3 Å². The molecule has 1 aromatic rings. The van der Waals surface area contributed by atoms with Crippen LogP contribution in [0.25, 0.3) is 0 Å². The van der Waals surface area contributed by atoms with Gasteiger partial charge in [-0.25, -0.2) is 0 Å². The molecule has 0 bridgehead atoms. The summed E-state index contributed by atoms with van der Waals surface area (Å²) in [5.74, 6) is 0. The fourth-order valence-corrected chi connectivity index (χ4v) is 2.40. The van der Waals surface area contributed by atoms with Crippen molar-refractivity contribution in [1.29, 1.82) is 0 Å². The van der Waals surface area contributed by atoms with Gasteiger partial charge < -0.3 is 5.11 Å². The standard InChI is InChI=1S/C12H17F3OS/c13-12(14,15)8-2-5-10(16)4-1-6-11-7-3-9-17-11/h3,7,9-10,16H,1-2,4-6,8H2. The lowest BCUT2D eigenvalue weighted by molar-refractivity contribution is -0.136. The molecule has 0 aliphatic heterocycles. The van der Waals surface area contributed by atoms with E-state index in [4.69, 9.17) is 0 Å². The van der Waals surface area contributed by atoms with E-state index in [9.17, 15) is 18.3 Å². The highest BCUT2D eigenvalue weighted by atomic mass is 32.1. The molecule has 1 heterocycles. The number of thiophene rings is 1. The molecule has 1 nitrogen and oxygen atoms in total. The van der Waals surface area contributed by atoms with Crippen LogP contribution in [0, 0.1) is 0 Å². The topological polar surface area (TPSA) is 20.2 Å². The number of aliphatic hydroxyl groups is 1. The highest BCUT2D eigenvalue weighted by molar-refractivity contribution is 7.09. The Hall–Kier alpha value is -0.550. The predicted molar refractivity (Wildman–Crippen MR) is 63.2 cm³/mol. The van der Waals surface area contributed by atoms with E-state index in [0.717, 1.165) is 12.8 Å². The molecule has 0 aromatic carbocycles. The van der Waals surface area contributed by atoms with Crippen molar-refractivity contribution in [1.82, 2.24) is 0 Å². The van der Waals surface area contributed by atoms with Crippen LogP contribution in [0.1, 0.15) is 37.0 Å². The Morgan fingerprint density at radius 3 is 2.53 bits per heavy atom. The van der Waals surface area contributed by atoms with Crippen molar-refractivity contribution in [2.45, 2.75) is 50.8 Å². The van der Waals surface area contributed by atoms with Crippen molar-refractivity contribution in [2.24, 2.45) is 0 Å². The normalized spacial score (nSPS) is 13.9. The zero-order valence-electron chi connectivity index (χ0n) is 9.54. The molecule has 0 spiro atoms. The first-order valence-corrected chi connectivity index (χ1v) is 6.62. The number of hydrogen-bond acceptors (Lipinski definition) is 2. The van der Waals surface area contributed by atoms with Gasteiger partial charge in [-0.3, -0.25) is 0 Å². The lowest BCUT2D eigenvalue weighted by atomic mass is 10.1. The van der Waals surface area contributed by atoms with Crippen LogP contribution in [-0.4, -0.2) is 17.4 Å². The molecule has 0 aliphatic rings. The van der Waals surface area contributed by atoms with Crippen LogP contribution >= 0.6 is 11.3 Å². The van der Waals surface area contributed by atoms with Crippen molar-refractivity contribution in [3.05, 3.63) is 22.4 Å². The Morgan fingerprint density at radius 1 is 1.24 bits per heavy atom. The molecule has 0 saturated carbocycles. The van der Waals surface area contributed by atoms with Gasteiger partial charge in [0, 0.05) is 11.3 Å². The summed E-state index contributed by atoms with van der Waals surface area (Å²) in [5.41, 5.74) is 0. The van der Waals surface area contributed by atoms with Crippen LogP contribution in [-0.2, 0) is 6.42 Å². The number of hydrogen-bond donors (Lipinski definition) is 1. The molecule has 0 saturated heterocycles. The highest BCUT2D eigenvalue weighted by Crippen LogP contribution is 2.23. The number of aryl methyl sites for hydroxylation is 1. The molecular formula is C12H17F3OS. The largest absolute Gasteiger partial charge is 0.393 e. The summed E-state index contributed by atoms with van der Waals surface area (Å²) in [6.45, 7) is 0. The first-order chi connectivity index (χ1) is 7.97. The first-order valence-electron chi connectivity index (χ1n) is 5.74. The number of rotatable bonds is 7. The molecule has 0 amide bonds. The number of halogens is 3. The Morgan fingerprint density at radius 2 is 1.94 bits per heavy atom. The minimum Gasteiger partial charge on any atom is -0.393 e. The predicted octanol–water partition coefficient (Wildman–Crippen LogP) is 4.16. The maximum Gasteiger partial charge on any atom is 0.389 e. The zero-order chi connectivity index (χ0) is 12.7. The minimum absolute atomic E-state index is 0.0175. The third-order valence-electron chi connectivity index (χ3n) is 2.54. The van der Waals surface area contributed by atoms with Crippen LogP contribution < -0.4 is 0 Å². The van der Waals surface area contributed by atoms with Crippen LogP contribution in [0.15, 0.2) is 17.5 Å². The van der Waals surface area contributed by atoms with Gasteiger partial charge in [-0.2, -0.15) is 13.2 Å². The molecule has 1 N–H and O–H groups in total. The highest BCUT2D eigenvalue weighted by Gasteiger charge is 2.26. The maximum absolute atomic E-state index is 11.9. The van der Waals surface area contributed by atoms with Gasteiger partial charge in [-0.1, -0.05) is 6.07 Å². The molecular weight excluding hydrogens is 249 g/mol. The van der Waals surface area contributed by atoms with Gasteiger partial charge in [-0.15, -0.1) is 11.3 Å². The van der Waals surface area contributed by atoms with E-state index in [-0.39, 0.29) is 12.8 Å². The Kier molecular flexibility index (Phi) is 5.98. The second-order valence-corrected chi connectivity index (χ2v) is 5.17. The molecule has 1 atom stereocenters. The van der Waals surface area contributed by atoms with E-state index in [0.29, 0.717) is 6.42 Å². The van der Waals surface area contributed by atoms with E-state index in [2.05, 4.69) is 0 Å². The molecule has 17 heavy (non-hydrogen) atoms. The van der Waals surface area contributed by atoms with E-state index in [1.807, 2.05) is 17.5 Å². The zero-order valence-corrected chi connectivity index (χ0v) is 10.4. The van der Waals surface area contributed by atoms with E-state index in [1.54, 1.807) is 11.3 Å². The minimum atomic E-state index is -4.10. The number of aliphatic hydroxyl groups excluding tert-OH is 1. The van der Waals surface area contributed by atoms with E-state index >= 15 is 0 Å². The van der Waals surface area contributed by atoms with Gasteiger partial charge in [-0.05, 0) is 43.6 Å². The lowest BCUT2D eigenvalue weighted by Crippen LogP contribution is -2.11. The first kappa shape index (κ1) is 14.5. The summed E-state index contributed by atoms with van der Waals surface area (Å²) in [7, 11) is 0. The fourth-order valence-electron chi connectivity index (χ4n) is 1.65. The third-order valence-corrected chi connectivity index (χ3v) is 3.47. The summed E-state index contributed by atoms with van der Waals surface area (Å²) < 4.78 is 35.6. The summed E-state index contributed by atoms with van der Waals surface area (Å²) in [4.78, 5) is 1.26. The van der Waals surface area contributed by atoms with E-state index < -0.39 is 18.7 Å². The van der Waals surface area contributed by atoms with Gasteiger partial charge in [0.25, 0.3) is 0 Å². The smallest absolute Gasteiger partial charge is 0.389 e. The van der Waals surface area contributed by atoms with Gasteiger partial charge >= 0.3 is 6.18 Å². The average Bonchev–Trinajstić information content (AvgIpc) is 2.68. The third kappa shape index (κ3) is 7.39. The van der Waals surface area contributed by atoms with Crippen molar-refractivity contribution in [3.8, 4) is 0 Å². The molecule has 1 unspecified atom stereocenters. The van der Waals surface area contributed by atoms with Crippen molar-refractivity contribution in [2.75, 3.05) is 0 Å². The molecule has 1 aromatic heterocycles. The fraction of sp³-hybridized carbons (Fsp3) is 0.667. The number of alkyl halides is 3. The van der Waals surface area contributed by atoms with Crippen molar-refractivity contribution in [3.63, 3.8) is 0 Å². The molecule has 98 valence electrons. The average molecular weight is 266 g/mol. The van der Waals surface area contributed by atoms with E-state index in [1.165, 1.54) is 4.88 Å². The monoisotopic (exact) mass is 266 g/mol. The summed E-state index contributed by atoms with van der Waals surface area (Å²) in [5, 5.41) is 11.5.